The highest BCUT2D eigenvalue weighted by Crippen LogP contribution is 2.66. The lowest BCUT2D eigenvalue weighted by atomic mass is 9.70. The first kappa shape index (κ1) is 14.4. The van der Waals surface area contributed by atoms with E-state index >= 15 is 0 Å². The first-order valence-corrected chi connectivity index (χ1v) is 7.76. The highest BCUT2D eigenvalue weighted by molar-refractivity contribution is 5.91. The molecule has 0 radical (unpaired) electrons. The third-order valence-electron chi connectivity index (χ3n) is 6.35. The summed E-state index contributed by atoms with van der Waals surface area (Å²) in [5, 5.41) is 9.38. The van der Waals surface area contributed by atoms with Crippen LogP contribution in [0.25, 0.3) is 0 Å². The molecule has 0 aromatic heterocycles. The Hall–Kier alpha value is -1.51. The van der Waals surface area contributed by atoms with Crippen molar-refractivity contribution >= 4 is 5.97 Å². The van der Waals surface area contributed by atoms with Gasteiger partial charge in [0.05, 0.1) is 0 Å². The first-order chi connectivity index (χ1) is 9.75. The molecule has 0 aliphatic heterocycles. The summed E-state index contributed by atoms with van der Waals surface area (Å²) >= 11 is 0. The van der Waals surface area contributed by atoms with Crippen LogP contribution in [0.2, 0.25) is 0 Å². The molecular formula is C18H24O3. The lowest BCUT2D eigenvalue weighted by Gasteiger charge is -2.39. The van der Waals surface area contributed by atoms with Gasteiger partial charge in [0, 0.05) is 5.41 Å². The Morgan fingerprint density at radius 3 is 2.57 bits per heavy atom. The topological polar surface area (TPSA) is 46.5 Å². The predicted molar refractivity (Wildman–Crippen MR) is 81.8 cm³/mol. The molecule has 0 heterocycles. The molecule has 0 saturated heterocycles. The van der Waals surface area contributed by atoms with Crippen LogP contribution in [0.1, 0.15) is 56.0 Å². The number of benzene rings is 1. The third kappa shape index (κ3) is 1.97. The number of aryl methyl sites for hydroxylation is 1. The molecule has 3 heteroatoms. The monoisotopic (exact) mass is 288 g/mol. The van der Waals surface area contributed by atoms with Gasteiger partial charge in [-0.1, -0.05) is 32.4 Å². The van der Waals surface area contributed by atoms with E-state index in [9.17, 15) is 9.90 Å². The lowest BCUT2D eigenvalue weighted by Crippen LogP contribution is -2.39. The zero-order chi connectivity index (χ0) is 15.4. The van der Waals surface area contributed by atoms with Crippen molar-refractivity contribution in [2.75, 3.05) is 0 Å². The SMILES string of the molecule is Cc1ccc(OC2CC3CCC2(C)C3(C)C)c(C(=O)O)c1. The molecule has 3 nitrogen and oxygen atoms in total. The molecule has 3 atom stereocenters. The molecule has 114 valence electrons. The summed E-state index contributed by atoms with van der Waals surface area (Å²) < 4.78 is 6.21. The van der Waals surface area contributed by atoms with Gasteiger partial charge in [0.25, 0.3) is 0 Å². The zero-order valence-electron chi connectivity index (χ0n) is 13.3. The highest BCUT2D eigenvalue weighted by Gasteiger charge is 2.62. The van der Waals surface area contributed by atoms with E-state index in [2.05, 4.69) is 20.8 Å². The minimum absolute atomic E-state index is 0.118. The second-order valence-electron chi connectivity index (χ2n) is 7.52. The highest BCUT2D eigenvalue weighted by atomic mass is 16.5. The van der Waals surface area contributed by atoms with Gasteiger partial charge in [-0.25, -0.2) is 4.79 Å². The standard InChI is InChI=1S/C18H24O3/c1-11-5-6-14(13(9-11)16(19)20)21-15-10-12-7-8-18(15,4)17(12,2)3/h5-6,9,12,15H,7-8,10H2,1-4H3,(H,19,20). The zero-order valence-corrected chi connectivity index (χ0v) is 13.3. The van der Waals surface area contributed by atoms with E-state index in [4.69, 9.17) is 4.74 Å². The fourth-order valence-corrected chi connectivity index (χ4v) is 4.38. The van der Waals surface area contributed by atoms with Crippen LogP contribution in [0.4, 0.5) is 0 Å². The molecule has 2 aliphatic carbocycles. The third-order valence-corrected chi connectivity index (χ3v) is 6.35. The number of rotatable bonds is 3. The van der Waals surface area contributed by atoms with Crippen LogP contribution in [-0.4, -0.2) is 17.2 Å². The molecule has 2 fully saturated rings. The van der Waals surface area contributed by atoms with Crippen LogP contribution in [-0.2, 0) is 0 Å². The minimum Gasteiger partial charge on any atom is -0.489 e. The van der Waals surface area contributed by atoms with E-state index in [0.29, 0.717) is 11.7 Å². The number of hydrogen-bond acceptors (Lipinski definition) is 2. The average Bonchev–Trinajstić information content (AvgIpc) is 2.73. The Bertz CT molecular complexity index is 590. The van der Waals surface area contributed by atoms with E-state index < -0.39 is 5.97 Å². The van der Waals surface area contributed by atoms with Crippen molar-refractivity contribution in [2.24, 2.45) is 16.7 Å². The second-order valence-corrected chi connectivity index (χ2v) is 7.52. The summed E-state index contributed by atoms with van der Waals surface area (Å²) in [5.41, 5.74) is 1.63. The Labute approximate surface area is 126 Å². The Kier molecular flexibility index (Phi) is 3.09. The molecule has 2 bridgehead atoms. The summed E-state index contributed by atoms with van der Waals surface area (Å²) in [6.07, 6.45) is 3.59. The van der Waals surface area contributed by atoms with Crippen LogP contribution in [0.5, 0.6) is 5.75 Å². The Morgan fingerprint density at radius 1 is 1.33 bits per heavy atom. The molecule has 1 aromatic rings. The van der Waals surface area contributed by atoms with Gasteiger partial charge >= 0.3 is 5.97 Å². The summed E-state index contributed by atoms with van der Waals surface area (Å²) in [6, 6.07) is 5.42. The van der Waals surface area contributed by atoms with Gasteiger partial charge in [-0.05, 0) is 49.7 Å². The molecule has 3 rings (SSSR count). The van der Waals surface area contributed by atoms with Crippen LogP contribution < -0.4 is 4.74 Å². The van der Waals surface area contributed by atoms with Crippen molar-refractivity contribution in [3.05, 3.63) is 29.3 Å². The van der Waals surface area contributed by atoms with Crippen molar-refractivity contribution in [2.45, 2.75) is 53.1 Å². The van der Waals surface area contributed by atoms with Gasteiger partial charge in [0.15, 0.2) is 0 Å². The van der Waals surface area contributed by atoms with Gasteiger partial charge in [0.2, 0.25) is 0 Å². The maximum Gasteiger partial charge on any atom is 0.339 e. The number of aromatic carboxylic acids is 1. The summed E-state index contributed by atoms with van der Waals surface area (Å²) in [4.78, 5) is 11.4. The van der Waals surface area contributed by atoms with Crippen LogP contribution in [0.15, 0.2) is 18.2 Å². The molecule has 2 aliphatic rings. The maximum absolute atomic E-state index is 11.4. The van der Waals surface area contributed by atoms with E-state index in [1.54, 1.807) is 12.1 Å². The number of carboxylic acid groups (broad SMARTS) is 1. The summed E-state index contributed by atoms with van der Waals surface area (Å²) in [7, 11) is 0. The van der Waals surface area contributed by atoms with Gasteiger partial charge < -0.3 is 9.84 Å². The molecule has 2 saturated carbocycles. The van der Waals surface area contributed by atoms with Gasteiger partial charge in [-0.3, -0.25) is 0 Å². The quantitative estimate of drug-likeness (QED) is 0.902. The van der Waals surface area contributed by atoms with E-state index in [-0.39, 0.29) is 22.5 Å². The van der Waals surface area contributed by atoms with Crippen molar-refractivity contribution in [3.63, 3.8) is 0 Å². The number of hydrogen-bond donors (Lipinski definition) is 1. The van der Waals surface area contributed by atoms with E-state index in [0.717, 1.165) is 12.0 Å². The number of fused-ring (bicyclic) bond motifs is 2. The van der Waals surface area contributed by atoms with E-state index in [1.807, 2.05) is 13.0 Å². The smallest absolute Gasteiger partial charge is 0.339 e. The largest absolute Gasteiger partial charge is 0.489 e. The number of carbonyl (C=O) groups is 1. The summed E-state index contributed by atoms with van der Waals surface area (Å²) in [6.45, 7) is 8.88. The lowest BCUT2D eigenvalue weighted by molar-refractivity contribution is 0.0288. The first-order valence-electron chi connectivity index (χ1n) is 7.76. The van der Waals surface area contributed by atoms with Gasteiger partial charge in [-0.2, -0.15) is 0 Å². The molecular weight excluding hydrogens is 264 g/mol. The molecule has 0 amide bonds. The van der Waals surface area contributed by atoms with E-state index in [1.165, 1.54) is 12.8 Å². The molecule has 1 aromatic carbocycles. The summed E-state index contributed by atoms with van der Waals surface area (Å²) in [5.74, 6) is 0.287. The number of carboxylic acids is 1. The van der Waals surface area contributed by atoms with Crippen molar-refractivity contribution in [3.8, 4) is 5.75 Å². The average molecular weight is 288 g/mol. The van der Waals surface area contributed by atoms with Crippen LogP contribution in [0, 0.1) is 23.7 Å². The van der Waals surface area contributed by atoms with Crippen molar-refractivity contribution < 1.29 is 14.6 Å². The molecule has 3 unspecified atom stereocenters. The van der Waals surface area contributed by atoms with Crippen LogP contribution in [0.3, 0.4) is 0 Å². The Balaban J connectivity index is 1.91. The van der Waals surface area contributed by atoms with Gasteiger partial charge in [-0.15, -0.1) is 0 Å². The number of ether oxygens (including phenoxy) is 1. The minimum atomic E-state index is -0.915. The van der Waals surface area contributed by atoms with Crippen molar-refractivity contribution in [1.82, 2.24) is 0 Å². The Morgan fingerprint density at radius 2 is 2.05 bits per heavy atom. The fourth-order valence-electron chi connectivity index (χ4n) is 4.38. The normalized spacial score (nSPS) is 33.1. The van der Waals surface area contributed by atoms with Gasteiger partial charge in [0.1, 0.15) is 17.4 Å². The fraction of sp³-hybridized carbons (Fsp3) is 0.611. The maximum atomic E-state index is 11.4. The van der Waals surface area contributed by atoms with Crippen molar-refractivity contribution in [1.29, 1.82) is 0 Å². The second kappa shape index (κ2) is 4.49. The molecule has 1 N–H and O–H groups in total. The molecule has 21 heavy (non-hydrogen) atoms. The predicted octanol–water partition coefficient (Wildman–Crippen LogP) is 4.29. The van der Waals surface area contributed by atoms with Crippen LogP contribution >= 0.6 is 0 Å². The molecule has 0 spiro atoms.